The molecule has 0 saturated carbocycles. The van der Waals surface area contributed by atoms with Crippen LogP contribution in [0.4, 0.5) is 0 Å². The van der Waals surface area contributed by atoms with Crippen LogP contribution in [-0.4, -0.2) is 17.7 Å². The monoisotopic (exact) mass is 182 g/mol. The fourth-order valence-corrected chi connectivity index (χ4v) is 1.85. The van der Waals surface area contributed by atoms with E-state index in [0.717, 1.165) is 0 Å². The second-order valence-corrected chi connectivity index (χ2v) is 4.71. The van der Waals surface area contributed by atoms with Gasteiger partial charge in [0.15, 0.2) is 0 Å². The second-order valence-electron chi connectivity index (χ2n) is 4.71. The number of unbranched alkanes of at least 4 members (excludes halogenated alkanes) is 2. The van der Waals surface area contributed by atoms with E-state index in [1.54, 1.807) is 0 Å². The van der Waals surface area contributed by atoms with Gasteiger partial charge in [-0.1, -0.05) is 0 Å². The molecule has 1 unspecified atom stereocenters. The van der Waals surface area contributed by atoms with Crippen LogP contribution in [-0.2, 0) is 4.09 Å². The van der Waals surface area contributed by atoms with Crippen molar-refractivity contribution in [3.05, 3.63) is 35.9 Å². The number of hydrogen-bond donors (Lipinski definition) is 0. The predicted octanol–water partition coefficient (Wildman–Crippen LogP) is 3.65. The van der Waals surface area contributed by atoms with Crippen molar-refractivity contribution in [3.8, 4) is 0 Å². The molecule has 0 radical (unpaired) electrons. The van der Waals surface area contributed by atoms with Crippen LogP contribution >= 0.6 is 0 Å². The third kappa shape index (κ3) is 3.52. The first-order chi connectivity index (χ1) is 6.67. The Kier molecular flexibility index (Phi) is 4.79. The van der Waals surface area contributed by atoms with Crippen LogP contribution in [0.25, 0.3) is 0 Å². The molecule has 0 saturated heterocycles. The van der Waals surface area contributed by atoms with Crippen molar-refractivity contribution in [2.45, 2.75) is 43.6 Å². The minimum absolute atomic E-state index is 0.344. The van der Waals surface area contributed by atoms with E-state index in [-0.39, 0.29) is 0 Å². The van der Waals surface area contributed by atoms with Gasteiger partial charge < -0.3 is 0 Å². The zero-order chi connectivity index (χ0) is 10.4. The van der Waals surface area contributed by atoms with Gasteiger partial charge in [-0.2, -0.15) is 0 Å². The quantitative estimate of drug-likeness (QED) is 0.481. The molecule has 1 atom stereocenters. The van der Waals surface area contributed by atoms with Crippen molar-refractivity contribution in [1.82, 2.24) is 0 Å². The van der Waals surface area contributed by atoms with Gasteiger partial charge in [-0.3, -0.25) is 0 Å². The van der Waals surface area contributed by atoms with Gasteiger partial charge in [0.25, 0.3) is 0 Å². The van der Waals surface area contributed by atoms with Gasteiger partial charge in [0.2, 0.25) is 0 Å². The third-order valence-electron chi connectivity index (χ3n) is 2.96. The Morgan fingerprint density at radius 3 is 2.36 bits per heavy atom. The average molecular weight is 182 g/mol. The van der Waals surface area contributed by atoms with Crippen LogP contribution in [0.2, 0.25) is 0 Å². The second kappa shape index (κ2) is 5.64. The summed E-state index contributed by atoms with van der Waals surface area (Å²) in [6.07, 6.45) is 5.31. The zero-order valence-corrected chi connectivity index (χ0v) is 9.72. The summed E-state index contributed by atoms with van der Waals surface area (Å²) in [6, 6.07) is 10.8. The van der Waals surface area contributed by atoms with Gasteiger partial charge in [0.1, 0.15) is 0 Å². The van der Waals surface area contributed by atoms with E-state index in [4.69, 9.17) is 0 Å². The fraction of sp³-hybridized carbons (Fsp3) is 0.538. The van der Waals surface area contributed by atoms with E-state index in [1.807, 2.05) is 0 Å². The van der Waals surface area contributed by atoms with Gasteiger partial charge in [-0.05, 0) is 0 Å². The third-order valence-corrected chi connectivity index (χ3v) is 2.96. The average Bonchev–Trinajstić information content (AvgIpc) is 2.19. The summed E-state index contributed by atoms with van der Waals surface area (Å²) < 4.78 is 0.344. The van der Waals surface area contributed by atoms with Crippen LogP contribution < -0.4 is 0 Å². The molecule has 0 amide bonds. The Labute approximate surface area is 97.3 Å². The van der Waals surface area contributed by atoms with E-state index >= 15 is 0 Å². The van der Waals surface area contributed by atoms with Crippen molar-refractivity contribution in [2.24, 2.45) is 0 Å². The van der Waals surface area contributed by atoms with Crippen LogP contribution in [0, 0.1) is 0 Å². The summed E-state index contributed by atoms with van der Waals surface area (Å²) in [5.74, 6) is 0. The molecule has 0 spiro atoms. The number of rotatable bonds is 5. The van der Waals surface area contributed by atoms with Crippen molar-refractivity contribution in [1.29, 1.82) is 0 Å². The van der Waals surface area contributed by atoms with Crippen molar-refractivity contribution in [2.75, 3.05) is 0 Å². The van der Waals surface area contributed by atoms with E-state index < -0.39 is 0 Å². The first-order valence-corrected chi connectivity index (χ1v) is 5.72. The fourth-order valence-electron chi connectivity index (χ4n) is 1.85. The molecule has 0 aliphatic heterocycles. The molecule has 1 aromatic rings. The Bertz CT molecular complexity index is 251. The Hall–Kier alpha value is -0.183. The molecular formula is C13H19Li. The topological polar surface area (TPSA) is 0 Å². The molecule has 0 aliphatic rings. The maximum absolute atomic E-state index is 2.35. The minimum atomic E-state index is 0.344. The molecule has 0 heterocycles. The first-order valence-electron chi connectivity index (χ1n) is 5.72. The Morgan fingerprint density at radius 2 is 1.79 bits per heavy atom. The molecule has 0 fully saturated rings. The number of benzene rings is 1. The van der Waals surface area contributed by atoms with E-state index in [1.165, 1.54) is 31.2 Å². The van der Waals surface area contributed by atoms with Crippen LogP contribution in [0.1, 0.15) is 45.1 Å². The molecule has 0 aliphatic carbocycles. The van der Waals surface area contributed by atoms with E-state index in [2.05, 4.69) is 61.9 Å². The summed E-state index contributed by atoms with van der Waals surface area (Å²) in [6.45, 7) is 4.60. The standard InChI is InChI=1S/C13H19.Li/c1-3-4-6-9-12(2)13-10-7-5-8-11-13;/h5,7-8,10-11H,3-4,6,9H2,1-2H3;. The molecule has 1 aromatic carbocycles. The molecule has 0 aromatic heterocycles. The van der Waals surface area contributed by atoms with Crippen LogP contribution in [0.3, 0.4) is 0 Å². The Balaban J connectivity index is 2.56. The van der Waals surface area contributed by atoms with Crippen LogP contribution in [0.5, 0.6) is 0 Å². The van der Waals surface area contributed by atoms with Gasteiger partial charge in [0, 0.05) is 0 Å². The summed E-state index contributed by atoms with van der Waals surface area (Å²) >= 11 is 2.35. The molecule has 1 rings (SSSR count). The van der Waals surface area contributed by atoms with Gasteiger partial charge >= 0.3 is 97.2 Å². The summed E-state index contributed by atoms with van der Waals surface area (Å²) in [5, 5.41) is 0. The van der Waals surface area contributed by atoms with Gasteiger partial charge in [0.05, 0.1) is 0 Å². The molecule has 1 heteroatoms. The van der Waals surface area contributed by atoms with E-state index in [0.29, 0.717) is 4.09 Å². The van der Waals surface area contributed by atoms with Crippen molar-refractivity contribution < 1.29 is 0 Å². The van der Waals surface area contributed by atoms with Gasteiger partial charge in [-0.25, -0.2) is 0 Å². The molecular weight excluding hydrogens is 163 g/mol. The number of hydrogen-bond acceptors (Lipinski definition) is 0. The summed E-state index contributed by atoms with van der Waals surface area (Å²) in [4.78, 5) is 0. The normalized spacial score (nSPS) is 15.1. The first kappa shape index (κ1) is 11.9. The predicted molar refractivity (Wildman–Crippen MR) is 63.7 cm³/mol. The van der Waals surface area contributed by atoms with Crippen molar-refractivity contribution in [3.63, 3.8) is 0 Å². The maximum atomic E-state index is 2.35. The molecule has 0 nitrogen and oxygen atoms in total. The van der Waals surface area contributed by atoms with Crippen molar-refractivity contribution >= 4 is 17.7 Å². The molecule has 72 valence electrons. The summed E-state index contributed by atoms with van der Waals surface area (Å²) in [5.41, 5.74) is 1.47. The van der Waals surface area contributed by atoms with Gasteiger partial charge in [-0.15, -0.1) is 0 Å². The SMILES string of the molecule is [Li][C](C)(CCCCC)c1ccccc1. The molecule has 14 heavy (non-hydrogen) atoms. The van der Waals surface area contributed by atoms with Crippen LogP contribution in [0.15, 0.2) is 30.3 Å². The molecule has 0 N–H and O–H groups in total. The van der Waals surface area contributed by atoms with E-state index in [9.17, 15) is 0 Å². The summed E-state index contributed by atoms with van der Waals surface area (Å²) in [7, 11) is 0. The molecule has 0 bridgehead atoms. The Morgan fingerprint density at radius 1 is 1.14 bits per heavy atom. The zero-order valence-electron chi connectivity index (χ0n) is 9.72.